The molecule has 0 fully saturated rings. The third-order valence-corrected chi connectivity index (χ3v) is 1.98. The summed E-state index contributed by atoms with van der Waals surface area (Å²) in [6.07, 6.45) is -9.84. The highest BCUT2D eigenvalue weighted by atomic mass is 19.3. The molecular formula is C8H2F5N3O2. The van der Waals surface area contributed by atoms with Gasteiger partial charge in [-0.15, -0.1) is 0 Å². The molecule has 0 spiro atoms. The molecule has 0 aromatic heterocycles. The zero-order valence-electron chi connectivity index (χ0n) is 8.20. The van der Waals surface area contributed by atoms with Crippen molar-refractivity contribution in [1.82, 2.24) is 0 Å². The van der Waals surface area contributed by atoms with Crippen LogP contribution in [0.15, 0.2) is 17.2 Å². The van der Waals surface area contributed by atoms with E-state index in [2.05, 4.69) is 19.5 Å². The number of hydrogen-bond donors (Lipinski definition) is 0. The van der Waals surface area contributed by atoms with Gasteiger partial charge in [-0.1, -0.05) is 5.11 Å². The first-order valence-corrected chi connectivity index (χ1v) is 4.29. The number of nitrogens with zero attached hydrogens (tertiary/aromatic N) is 3. The van der Waals surface area contributed by atoms with Gasteiger partial charge >= 0.3 is 12.2 Å². The highest BCUT2D eigenvalue weighted by Crippen LogP contribution is 2.48. The maximum Gasteiger partial charge on any atom is 0.507 e. The highest BCUT2D eigenvalue weighted by Gasteiger charge is 2.66. The molecule has 0 aliphatic carbocycles. The van der Waals surface area contributed by atoms with Gasteiger partial charge in [0.2, 0.25) is 0 Å². The second-order valence-corrected chi connectivity index (χ2v) is 3.18. The average molecular weight is 267 g/mol. The fourth-order valence-corrected chi connectivity index (χ4v) is 1.20. The lowest BCUT2D eigenvalue weighted by atomic mass is 10.2. The SMILES string of the molecule is [N-]=[N+]=Nc1cc2c(cc1F)OC(F)(F)C(F)(F)O2. The number of azide groups is 1. The molecule has 1 aromatic carbocycles. The summed E-state index contributed by atoms with van der Waals surface area (Å²) in [6.45, 7) is 0. The molecular weight excluding hydrogens is 265 g/mol. The fourth-order valence-electron chi connectivity index (χ4n) is 1.20. The first kappa shape index (κ1) is 12.2. The summed E-state index contributed by atoms with van der Waals surface area (Å²) in [4.78, 5) is 2.23. The molecule has 0 atom stereocenters. The number of ether oxygens (including phenoxy) is 2. The van der Waals surface area contributed by atoms with Gasteiger partial charge in [0.25, 0.3) is 0 Å². The van der Waals surface area contributed by atoms with E-state index in [0.717, 1.165) is 0 Å². The summed E-state index contributed by atoms with van der Waals surface area (Å²) in [5, 5.41) is 2.84. The number of alkyl halides is 4. The lowest BCUT2D eigenvalue weighted by molar-refractivity contribution is -0.391. The number of rotatable bonds is 1. The number of hydrogen-bond acceptors (Lipinski definition) is 3. The molecule has 0 saturated heterocycles. The maximum atomic E-state index is 13.2. The zero-order chi connectivity index (χ0) is 13.6. The Morgan fingerprint density at radius 3 is 2.06 bits per heavy atom. The second-order valence-electron chi connectivity index (χ2n) is 3.18. The predicted molar refractivity (Wildman–Crippen MR) is 46.4 cm³/mol. The molecule has 5 nitrogen and oxygen atoms in total. The monoisotopic (exact) mass is 267 g/mol. The van der Waals surface area contributed by atoms with Crippen molar-refractivity contribution in [3.63, 3.8) is 0 Å². The van der Waals surface area contributed by atoms with E-state index in [4.69, 9.17) is 5.53 Å². The van der Waals surface area contributed by atoms with Crippen LogP contribution < -0.4 is 9.47 Å². The molecule has 1 aromatic rings. The van der Waals surface area contributed by atoms with Crippen molar-refractivity contribution in [2.45, 2.75) is 12.2 Å². The normalized spacial score (nSPS) is 18.9. The summed E-state index contributed by atoms with van der Waals surface area (Å²) in [7, 11) is 0. The number of fused-ring (bicyclic) bond motifs is 1. The van der Waals surface area contributed by atoms with Crippen molar-refractivity contribution in [3.8, 4) is 11.5 Å². The highest BCUT2D eigenvalue weighted by molar-refractivity contribution is 5.53. The molecule has 10 heteroatoms. The van der Waals surface area contributed by atoms with Crippen molar-refractivity contribution in [2.75, 3.05) is 0 Å². The van der Waals surface area contributed by atoms with E-state index in [1.807, 2.05) is 0 Å². The summed E-state index contributed by atoms with van der Waals surface area (Å²) in [6, 6.07) is 0.899. The molecule has 0 N–H and O–H groups in total. The minimum atomic E-state index is -4.92. The average Bonchev–Trinajstić information content (AvgIpc) is 2.22. The quantitative estimate of drug-likeness (QED) is 0.337. The Hall–Kier alpha value is -2.22. The van der Waals surface area contributed by atoms with Crippen LogP contribution in [0.1, 0.15) is 0 Å². The van der Waals surface area contributed by atoms with Gasteiger partial charge in [-0.3, -0.25) is 0 Å². The standard InChI is InChI=1S/C8H2F5N3O2/c9-3-1-5-6(2-4(3)15-16-14)18-8(12,13)7(10,11)17-5/h1-2H. The van der Waals surface area contributed by atoms with Crippen LogP contribution >= 0.6 is 0 Å². The molecule has 1 heterocycles. The Labute approximate surface area is 95.3 Å². The van der Waals surface area contributed by atoms with Crippen LogP contribution in [0.5, 0.6) is 11.5 Å². The molecule has 1 aliphatic heterocycles. The smallest absolute Gasteiger partial charge is 0.421 e. The third kappa shape index (κ3) is 1.76. The first-order valence-electron chi connectivity index (χ1n) is 4.29. The van der Waals surface area contributed by atoms with Gasteiger partial charge in [0, 0.05) is 11.0 Å². The number of halogens is 5. The van der Waals surface area contributed by atoms with E-state index in [0.29, 0.717) is 12.1 Å². The molecule has 18 heavy (non-hydrogen) atoms. The fraction of sp³-hybridized carbons (Fsp3) is 0.250. The Bertz CT molecular complexity index is 556. The van der Waals surface area contributed by atoms with Crippen molar-refractivity contribution < 1.29 is 31.4 Å². The molecule has 96 valence electrons. The van der Waals surface area contributed by atoms with Gasteiger partial charge < -0.3 is 9.47 Å². The minimum Gasteiger partial charge on any atom is -0.421 e. The minimum absolute atomic E-state index is 0.364. The summed E-state index contributed by atoms with van der Waals surface area (Å²) < 4.78 is 71.6. The van der Waals surface area contributed by atoms with Crippen LogP contribution in [0.25, 0.3) is 10.4 Å². The van der Waals surface area contributed by atoms with Gasteiger partial charge in [0.05, 0.1) is 5.69 Å². The lowest BCUT2D eigenvalue weighted by Gasteiger charge is -2.31. The van der Waals surface area contributed by atoms with Gasteiger partial charge in [-0.05, 0) is 11.6 Å². The molecule has 0 amide bonds. The first-order chi connectivity index (χ1) is 8.27. The molecule has 0 bridgehead atoms. The Morgan fingerprint density at radius 1 is 1.06 bits per heavy atom. The summed E-state index contributed by atoms with van der Waals surface area (Å²) in [5.41, 5.74) is 7.41. The van der Waals surface area contributed by atoms with Crippen molar-refractivity contribution >= 4 is 5.69 Å². The second kappa shape index (κ2) is 3.64. The van der Waals surface area contributed by atoms with Crippen molar-refractivity contribution in [2.24, 2.45) is 5.11 Å². The van der Waals surface area contributed by atoms with Crippen LogP contribution in [-0.4, -0.2) is 12.2 Å². The summed E-state index contributed by atoms with van der Waals surface area (Å²) in [5.74, 6) is -2.98. The van der Waals surface area contributed by atoms with E-state index in [1.54, 1.807) is 0 Å². The van der Waals surface area contributed by atoms with E-state index in [1.165, 1.54) is 0 Å². The Kier molecular flexibility index (Phi) is 2.47. The summed E-state index contributed by atoms with van der Waals surface area (Å²) >= 11 is 0. The zero-order valence-corrected chi connectivity index (χ0v) is 8.20. The third-order valence-electron chi connectivity index (χ3n) is 1.98. The van der Waals surface area contributed by atoms with E-state index in [-0.39, 0.29) is 0 Å². The van der Waals surface area contributed by atoms with Crippen molar-refractivity contribution in [1.29, 1.82) is 0 Å². The van der Waals surface area contributed by atoms with Gasteiger partial charge in [-0.2, -0.15) is 17.6 Å². The predicted octanol–water partition coefficient (Wildman–Crippen LogP) is 3.72. The topological polar surface area (TPSA) is 67.2 Å². The van der Waals surface area contributed by atoms with E-state index >= 15 is 0 Å². The molecule has 0 unspecified atom stereocenters. The molecule has 0 saturated carbocycles. The lowest BCUT2D eigenvalue weighted by Crippen LogP contribution is -2.52. The Balaban J connectivity index is 2.54. The molecule has 0 radical (unpaired) electrons. The van der Waals surface area contributed by atoms with Gasteiger partial charge in [-0.25, -0.2) is 4.39 Å². The van der Waals surface area contributed by atoms with Gasteiger partial charge in [0.1, 0.15) is 5.82 Å². The van der Waals surface area contributed by atoms with Crippen LogP contribution in [0.3, 0.4) is 0 Å². The Morgan fingerprint density at radius 2 is 1.56 bits per heavy atom. The van der Waals surface area contributed by atoms with Crippen LogP contribution in [0, 0.1) is 5.82 Å². The molecule has 2 rings (SSSR count). The van der Waals surface area contributed by atoms with E-state index in [9.17, 15) is 22.0 Å². The van der Waals surface area contributed by atoms with Crippen molar-refractivity contribution in [3.05, 3.63) is 28.4 Å². The van der Waals surface area contributed by atoms with Crippen LogP contribution in [0.2, 0.25) is 0 Å². The molecule has 1 aliphatic rings. The largest absolute Gasteiger partial charge is 0.507 e. The maximum absolute atomic E-state index is 13.2. The van der Waals surface area contributed by atoms with Crippen LogP contribution in [0.4, 0.5) is 27.6 Å². The van der Waals surface area contributed by atoms with Crippen LogP contribution in [-0.2, 0) is 0 Å². The van der Waals surface area contributed by atoms with Gasteiger partial charge in [0.15, 0.2) is 11.5 Å². The number of benzene rings is 1. The van der Waals surface area contributed by atoms with E-state index < -0.39 is 35.2 Å².